The first-order valence-corrected chi connectivity index (χ1v) is 10.2. The Labute approximate surface area is 155 Å². The molecule has 140 valence electrons. The van der Waals surface area contributed by atoms with E-state index in [1.807, 2.05) is 25.1 Å². The Morgan fingerprint density at radius 1 is 1.00 bits per heavy atom. The molecule has 0 aliphatic carbocycles. The highest BCUT2D eigenvalue weighted by atomic mass is 32.2. The Morgan fingerprint density at radius 2 is 1.62 bits per heavy atom. The number of para-hydroxylation sites is 1. The van der Waals surface area contributed by atoms with Crippen LogP contribution >= 0.6 is 0 Å². The zero-order valence-electron chi connectivity index (χ0n) is 15.3. The number of nitrogens with one attached hydrogen (secondary N) is 1. The molecule has 6 nitrogen and oxygen atoms in total. The van der Waals surface area contributed by atoms with Crippen molar-refractivity contribution in [1.29, 1.82) is 0 Å². The Kier molecular flexibility index (Phi) is 6.76. The monoisotopic (exact) mass is 375 g/mol. The van der Waals surface area contributed by atoms with Crippen LogP contribution in [0, 0.1) is 0 Å². The van der Waals surface area contributed by atoms with Crippen LogP contribution in [0.4, 0.5) is 5.69 Å². The van der Waals surface area contributed by atoms with E-state index in [0.717, 1.165) is 12.1 Å². The first-order valence-electron chi connectivity index (χ1n) is 8.32. The summed E-state index contributed by atoms with van der Waals surface area (Å²) in [6.07, 6.45) is 1.19. The van der Waals surface area contributed by atoms with E-state index in [9.17, 15) is 13.2 Å². The molecule has 26 heavy (non-hydrogen) atoms. The first-order chi connectivity index (χ1) is 12.3. The minimum atomic E-state index is -3.41. The van der Waals surface area contributed by atoms with Crippen LogP contribution in [-0.4, -0.2) is 52.7 Å². The molecule has 7 heteroatoms. The van der Waals surface area contributed by atoms with E-state index in [-0.39, 0.29) is 12.5 Å². The van der Waals surface area contributed by atoms with E-state index in [0.29, 0.717) is 17.8 Å². The lowest BCUT2D eigenvalue weighted by Gasteiger charge is -2.22. The average molecular weight is 375 g/mol. The smallest absolute Gasteiger partial charge is 0.251 e. The molecule has 2 aromatic rings. The van der Waals surface area contributed by atoms with Crippen LogP contribution in [-0.2, 0) is 16.6 Å². The number of carbonyl (C=O) groups excluding carboxylic acids is 1. The molecule has 2 rings (SSSR count). The number of rotatable bonds is 8. The van der Waals surface area contributed by atoms with Gasteiger partial charge in [0.2, 0.25) is 10.0 Å². The molecule has 0 radical (unpaired) electrons. The van der Waals surface area contributed by atoms with E-state index in [1.54, 1.807) is 48.5 Å². The number of carbonyl (C=O) groups is 1. The fraction of sp³-hybridized carbons (Fsp3) is 0.316. The minimum absolute atomic E-state index is 0.138. The Bertz CT molecular complexity index is 819. The zero-order chi connectivity index (χ0) is 19.2. The van der Waals surface area contributed by atoms with Gasteiger partial charge in [-0.25, -0.2) is 8.42 Å². The molecular weight excluding hydrogens is 350 g/mol. The molecule has 0 aliphatic rings. The fourth-order valence-electron chi connectivity index (χ4n) is 2.42. The molecule has 0 heterocycles. The molecule has 0 aliphatic heterocycles. The number of hydrogen-bond donors (Lipinski definition) is 1. The van der Waals surface area contributed by atoms with Crippen molar-refractivity contribution in [3.63, 3.8) is 0 Å². The van der Waals surface area contributed by atoms with Crippen molar-refractivity contribution in [2.24, 2.45) is 0 Å². The molecule has 0 spiro atoms. The van der Waals surface area contributed by atoms with E-state index >= 15 is 0 Å². The van der Waals surface area contributed by atoms with Gasteiger partial charge in [-0.2, -0.15) is 0 Å². The number of amides is 1. The number of anilines is 1. The van der Waals surface area contributed by atoms with Crippen molar-refractivity contribution in [2.75, 3.05) is 37.7 Å². The normalized spacial score (nSPS) is 11.4. The summed E-state index contributed by atoms with van der Waals surface area (Å²) in [7, 11) is 0.478. The molecule has 0 saturated heterocycles. The molecule has 0 saturated carbocycles. The second-order valence-corrected chi connectivity index (χ2v) is 8.27. The summed E-state index contributed by atoms with van der Waals surface area (Å²) in [5.41, 5.74) is 1.97. The van der Waals surface area contributed by atoms with Crippen LogP contribution in [0.3, 0.4) is 0 Å². The lowest BCUT2D eigenvalue weighted by Crippen LogP contribution is -2.31. The molecule has 1 N–H and O–H groups in total. The van der Waals surface area contributed by atoms with Crippen LogP contribution < -0.4 is 9.62 Å². The van der Waals surface area contributed by atoms with Crippen LogP contribution in [0.25, 0.3) is 0 Å². The summed E-state index contributed by atoms with van der Waals surface area (Å²) in [6.45, 7) is 1.55. The number of likely N-dealkylation sites (N-methyl/N-ethyl adjacent to an activating group) is 1. The zero-order valence-corrected chi connectivity index (χ0v) is 16.2. The second-order valence-electron chi connectivity index (χ2n) is 6.36. The third-order valence-corrected chi connectivity index (χ3v) is 4.97. The number of benzene rings is 2. The Hall–Kier alpha value is -2.38. The van der Waals surface area contributed by atoms with Crippen LogP contribution in [0.5, 0.6) is 0 Å². The SMILES string of the molecule is CN(C)CCNC(=O)c1ccc(CN(c2ccccc2)S(C)(=O)=O)cc1. The largest absolute Gasteiger partial charge is 0.351 e. The fourth-order valence-corrected chi connectivity index (χ4v) is 3.30. The van der Waals surface area contributed by atoms with E-state index < -0.39 is 10.0 Å². The maximum atomic E-state index is 12.1. The van der Waals surface area contributed by atoms with Gasteiger partial charge in [0.05, 0.1) is 18.5 Å². The van der Waals surface area contributed by atoms with Gasteiger partial charge in [-0.15, -0.1) is 0 Å². The average Bonchev–Trinajstić information content (AvgIpc) is 2.59. The van der Waals surface area contributed by atoms with Crippen molar-refractivity contribution < 1.29 is 13.2 Å². The van der Waals surface area contributed by atoms with Crippen LogP contribution in [0.2, 0.25) is 0 Å². The van der Waals surface area contributed by atoms with Gasteiger partial charge < -0.3 is 10.2 Å². The van der Waals surface area contributed by atoms with Crippen molar-refractivity contribution in [2.45, 2.75) is 6.54 Å². The molecule has 0 bridgehead atoms. The van der Waals surface area contributed by atoms with Crippen molar-refractivity contribution in [3.05, 3.63) is 65.7 Å². The maximum absolute atomic E-state index is 12.1. The number of hydrogen-bond acceptors (Lipinski definition) is 4. The molecule has 0 atom stereocenters. The summed E-state index contributed by atoms with van der Waals surface area (Å²) in [6, 6.07) is 15.9. The van der Waals surface area contributed by atoms with Crippen molar-refractivity contribution in [3.8, 4) is 0 Å². The summed E-state index contributed by atoms with van der Waals surface area (Å²) in [5, 5.41) is 2.85. The first kappa shape index (κ1) is 19.9. The molecule has 0 aromatic heterocycles. The summed E-state index contributed by atoms with van der Waals surface area (Å²) in [5.74, 6) is -0.138. The predicted molar refractivity (Wildman–Crippen MR) is 105 cm³/mol. The highest BCUT2D eigenvalue weighted by molar-refractivity contribution is 7.92. The number of sulfonamides is 1. The Balaban J connectivity index is 2.08. The number of nitrogens with zero attached hydrogens (tertiary/aromatic N) is 2. The molecule has 2 aromatic carbocycles. The molecular formula is C19H25N3O3S. The third-order valence-electron chi connectivity index (χ3n) is 3.83. The second kappa shape index (κ2) is 8.82. The van der Waals surface area contributed by atoms with E-state index in [1.165, 1.54) is 10.6 Å². The minimum Gasteiger partial charge on any atom is -0.351 e. The van der Waals surface area contributed by atoms with Crippen LogP contribution in [0.15, 0.2) is 54.6 Å². The Morgan fingerprint density at radius 3 is 2.15 bits per heavy atom. The highest BCUT2D eigenvalue weighted by Gasteiger charge is 2.17. The van der Waals surface area contributed by atoms with Gasteiger partial charge in [-0.05, 0) is 43.9 Å². The quantitative estimate of drug-likeness (QED) is 0.766. The predicted octanol–water partition coefficient (Wildman–Crippen LogP) is 1.94. The van der Waals surface area contributed by atoms with Gasteiger partial charge in [0.25, 0.3) is 5.91 Å². The van der Waals surface area contributed by atoms with Crippen molar-refractivity contribution >= 4 is 21.6 Å². The molecule has 0 fully saturated rings. The van der Waals surface area contributed by atoms with Gasteiger partial charge in [0.1, 0.15) is 0 Å². The lowest BCUT2D eigenvalue weighted by molar-refractivity contribution is 0.0951. The maximum Gasteiger partial charge on any atom is 0.251 e. The summed E-state index contributed by atoms with van der Waals surface area (Å²) < 4.78 is 25.6. The van der Waals surface area contributed by atoms with E-state index in [2.05, 4.69) is 5.32 Å². The topological polar surface area (TPSA) is 69.7 Å². The molecule has 1 amide bonds. The van der Waals surface area contributed by atoms with Crippen LogP contribution in [0.1, 0.15) is 15.9 Å². The van der Waals surface area contributed by atoms with Crippen molar-refractivity contribution in [1.82, 2.24) is 10.2 Å². The highest BCUT2D eigenvalue weighted by Crippen LogP contribution is 2.20. The standard InChI is InChI=1S/C19H25N3O3S/c1-21(2)14-13-20-19(23)17-11-9-16(10-12-17)15-22(26(3,24)25)18-7-5-4-6-8-18/h4-12H,13-15H2,1-3H3,(H,20,23). The lowest BCUT2D eigenvalue weighted by atomic mass is 10.1. The van der Waals surface area contributed by atoms with Gasteiger partial charge in [0, 0.05) is 18.7 Å². The summed E-state index contributed by atoms with van der Waals surface area (Å²) >= 11 is 0. The van der Waals surface area contributed by atoms with Gasteiger partial charge in [-0.1, -0.05) is 30.3 Å². The molecule has 0 unspecified atom stereocenters. The van der Waals surface area contributed by atoms with Gasteiger partial charge in [0.15, 0.2) is 0 Å². The van der Waals surface area contributed by atoms with Gasteiger partial charge >= 0.3 is 0 Å². The summed E-state index contributed by atoms with van der Waals surface area (Å²) in [4.78, 5) is 14.1. The van der Waals surface area contributed by atoms with Gasteiger partial charge in [-0.3, -0.25) is 9.10 Å². The third kappa shape index (κ3) is 5.86. The van der Waals surface area contributed by atoms with E-state index in [4.69, 9.17) is 0 Å².